The summed E-state index contributed by atoms with van der Waals surface area (Å²) in [6.07, 6.45) is 0. The summed E-state index contributed by atoms with van der Waals surface area (Å²) in [7, 11) is 0. The first-order chi connectivity index (χ1) is 1.00. The van der Waals surface area contributed by atoms with Crippen LogP contribution in [0.15, 0.2) is 0 Å². The first kappa shape index (κ1) is 16.0. The molecule has 0 saturated heterocycles. The van der Waals surface area contributed by atoms with Crippen LogP contribution < -0.4 is 0 Å². The topological polar surface area (TPSA) is 17.1 Å². The zero-order chi connectivity index (χ0) is 2.00. The average Bonchev–Trinajstić information content (AvgIpc) is 1.00. The van der Waals surface area contributed by atoms with Gasteiger partial charge in [0.15, 0.2) is 0 Å². The molecule has 0 radical (unpaired) electrons. The van der Waals surface area contributed by atoms with Crippen LogP contribution in [0, 0.1) is 41.7 Å². The molecule has 0 aliphatic carbocycles. The van der Waals surface area contributed by atoms with Gasteiger partial charge in [-0.2, -0.15) is 0 Å². The van der Waals surface area contributed by atoms with Crippen molar-refractivity contribution < 1.29 is 87.5 Å². The second-order valence-electron chi connectivity index (χ2n) is 0. The van der Waals surface area contributed by atoms with Gasteiger partial charge in [0.2, 0.25) is 0 Å². The SMILES string of the molecule is [Ce].[O]=[Co].[Zr]. The molecule has 0 bridgehead atoms. The number of hydrogen-bond acceptors (Lipinski definition) is 1. The third-order valence-electron chi connectivity index (χ3n) is 0. The Bertz CT molecular complexity index is 8.00. The monoisotopic (exact) mass is 305 g/mol. The van der Waals surface area contributed by atoms with Crippen LogP contribution in [-0.4, -0.2) is 0 Å². The van der Waals surface area contributed by atoms with E-state index in [1.807, 2.05) is 0 Å². The molecular formula is CeCoOZr. The van der Waals surface area contributed by atoms with Crippen LogP contribution in [0.2, 0.25) is 0 Å². The third-order valence-corrected chi connectivity index (χ3v) is 0. The van der Waals surface area contributed by atoms with Crippen LogP contribution >= 0.6 is 0 Å². The molecule has 0 heterocycles. The largest absolute Gasteiger partial charge is 0 e. The fourth-order valence-corrected chi connectivity index (χ4v) is 0. The fraction of sp³-hybridized carbons (Fsp3) is 0. The van der Waals surface area contributed by atoms with E-state index in [2.05, 4.69) is 15.7 Å². The molecule has 0 unspecified atom stereocenters. The maximum Gasteiger partial charge on any atom is 0 e. The van der Waals surface area contributed by atoms with Crippen molar-refractivity contribution in [1.29, 1.82) is 0 Å². The zero-order valence-electron chi connectivity index (χ0n) is 1.74. The standard InChI is InChI=1S/Ce.Co.O.Zr. The summed E-state index contributed by atoms with van der Waals surface area (Å²) >= 11 is 2.31. The smallest absolute Gasteiger partial charge is 0 e. The van der Waals surface area contributed by atoms with Crippen LogP contribution in [0.3, 0.4) is 0 Å². The Morgan fingerprint density at radius 1 is 1.25 bits per heavy atom. The van der Waals surface area contributed by atoms with Gasteiger partial charge < -0.3 is 0 Å². The van der Waals surface area contributed by atoms with Crippen LogP contribution in [0.25, 0.3) is 0 Å². The fourth-order valence-electron chi connectivity index (χ4n) is 0. The van der Waals surface area contributed by atoms with Gasteiger partial charge in [-0.25, -0.2) is 0 Å². The van der Waals surface area contributed by atoms with Gasteiger partial charge in [-0.1, -0.05) is 0 Å². The van der Waals surface area contributed by atoms with Gasteiger partial charge in [-0.3, -0.25) is 0 Å². The van der Waals surface area contributed by atoms with Gasteiger partial charge >= 0.3 is 19.5 Å². The normalized spacial score (nSPS) is 1.25. The molecule has 0 aromatic heterocycles. The summed E-state index contributed by atoms with van der Waals surface area (Å²) in [4.78, 5) is 0. The van der Waals surface area contributed by atoms with Gasteiger partial charge in [0.25, 0.3) is 0 Å². The molecule has 0 rings (SSSR count). The van der Waals surface area contributed by atoms with Crippen molar-refractivity contribution in [2.45, 2.75) is 0 Å². The molecule has 0 aromatic rings. The molecule has 0 spiro atoms. The predicted octanol–water partition coefficient (Wildman–Crippen LogP) is -0.124. The number of rotatable bonds is 0. The van der Waals surface area contributed by atoms with Gasteiger partial charge in [0.05, 0.1) is 0 Å². The van der Waals surface area contributed by atoms with Crippen molar-refractivity contribution in [1.82, 2.24) is 0 Å². The predicted molar refractivity (Wildman–Crippen MR) is 0.686 cm³/mol. The molecule has 4 heteroatoms. The summed E-state index contributed by atoms with van der Waals surface area (Å²) in [5.41, 5.74) is 0. The zero-order valence-corrected chi connectivity index (χ0v) is 8.38. The quantitative estimate of drug-likeness (QED) is 0.610. The Labute approximate surface area is 85.6 Å². The Morgan fingerprint density at radius 2 is 1.25 bits per heavy atom. The van der Waals surface area contributed by atoms with Crippen molar-refractivity contribution in [2.24, 2.45) is 0 Å². The summed E-state index contributed by atoms with van der Waals surface area (Å²) in [6, 6.07) is 0. The molecule has 0 amide bonds. The van der Waals surface area contributed by atoms with Gasteiger partial charge in [-0.15, -0.1) is 0 Å². The van der Waals surface area contributed by atoms with Crippen molar-refractivity contribution in [2.75, 3.05) is 0 Å². The van der Waals surface area contributed by atoms with Crippen molar-refractivity contribution >= 4 is 0 Å². The molecule has 0 aromatic carbocycles. The van der Waals surface area contributed by atoms with E-state index in [1.165, 1.54) is 0 Å². The molecule has 0 saturated carbocycles. The maximum atomic E-state index is 7.94. The molecule has 0 fully saturated rings. The van der Waals surface area contributed by atoms with E-state index in [0.717, 1.165) is 0 Å². The third kappa shape index (κ3) is 8.82. The molecule has 0 atom stereocenters. The Hall–Kier alpha value is 2.57. The Kier molecular flexibility index (Phi) is 70.5. The van der Waals surface area contributed by atoms with E-state index in [0.29, 0.717) is 0 Å². The number of hydrogen-bond donors (Lipinski definition) is 0. The first-order valence-corrected chi connectivity index (χ1v) is 0.561. The second kappa shape index (κ2) is 17.6. The van der Waals surface area contributed by atoms with Crippen molar-refractivity contribution in [3.05, 3.63) is 0 Å². The van der Waals surface area contributed by atoms with Crippen LogP contribution in [0.5, 0.6) is 0 Å². The second-order valence-corrected chi connectivity index (χ2v) is 0. The van der Waals surface area contributed by atoms with Crippen LogP contribution in [0.1, 0.15) is 0 Å². The van der Waals surface area contributed by atoms with Gasteiger partial charge in [-0.05, 0) is 0 Å². The van der Waals surface area contributed by atoms with E-state index in [9.17, 15) is 0 Å². The maximum absolute atomic E-state index is 7.94. The Balaban J connectivity index is -0.00000000500. The van der Waals surface area contributed by atoms with Gasteiger partial charge in [0, 0.05) is 68.0 Å². The minimum absolute atomic E-state index is 0. The minimum atomic E-state index is 0. The van der Waals surface area contributed by atoms with Crippen LogP contribution in [-0.2, 0) is 45.7 Å². The molecule has 4 heavy (non-hydrogen) atoms. The van der Waals surface area contributed by atoms with Gasteiger partial charge in [0.1, 0.15) is 0 Å². The van der Waals surface area contributed by atoms with Crippen LogP contribution in [0.4, 0.5) is 0 Å². The van der Waals surface area contributed by atoms with E-state index in [-0.39, 0.29) is 68.0 Å². The molecule has 0 aliphatic heterocycles. The van der Waals surface area contributed by atoms with Crippen molar-refractivity contribution in [3.63, 3.8) is 0 Å². The minimum Gasteiger partial charge on any atom is 0 e. The molecule has 1 nitrogen and oxygen atoms in total. The summed E-state index contributed by atoms with van der Waals surface area (Å²) in [5, 5.41) is 0. The van der Waals surface area contributed by atoms with Crippen molar-refractivity contribution in [3.8, 4) is 0 Å². The summed E-state index contributed by atoms with van der Waals surface area (Å²) in [6.45, 7) is 0. The van der Waals surface area contributed by atoms with E-state index < -0.39 is 0 Å². The molecule has 0 N–H and O–H groups in total. The van der Waals surface area contributed by atoms with E-state index >= 15 is 0 Å². The summed E-state index contributed by atoms with van der Waals surface area (Å²) in [5.74, 6) is 0. The molecule has 0 aliphatic rings. The summed E-state index contributed by atoms with van der Waals surface area (Å²) < 4.78 is 7.94. The Morgan fingerprint density at radius 3 is 1.25 bits per heavy atom. The average molecular weight is 306 g/mol. The van der Waals surface area contributed by atoms with E-state index in [4.69, 9.17) is 3.87 Å². The molecular weight excluding hydrogens is 306 g/mol. The molecule has 23 valence electrons. The van der Waals surface area contributed by atoms with E-state index in [1.54, 1.807) is 0 Å². The first-order valence-electron chi connectivity index (χ1n) is 0.136.